The first-order valence-electron chi connectivity index (χ1n) is 5.79. The van der Waals surface area contributed by atoms with Gasteiger partial charge in [0.1, 0.15) is 0 Å². The van der Waals surface area contributed by atoms with Crippen LogP contribution in [0.1, 0.15) is 25.7 Å². The number of carboxylic acids is 1. The average Bonchev–Trinajstić information content (AvgIpc) is 3.07. The average molecular weight is 241 g/mol. The summed E-state index contributed by atoms with van der Waals surface area (Å²) in [6.07, 6.45) is 3.98. The van der Waals surface area contributed by atoms with Crippen molar-refractivity contribution in [1.29, 1.82) is 0 Å². The van der Waals surface area contributed by atoms with Crippen molar-refractivity contribution in [2.75, 3.05) is 19.8 Å². The highest BCUT2D eigenvalue weighted by Crippen LogP contribution is 2.45. The Morgan fingerprint density at radius 2 is 2.18 bits per heavy atom. The highest BCUT2D eigenvalue weighted by molar-refractivity contribution is 5.80. The molecular formula is C12H19NO4. The Balaban J connectivity index is 2.06. The van der Waals surface area contributed by atoms with Crippen LogP contribution in [0.2, 0.25) is 0 Å². The van der Waals surface area contributed by atoms with Crippen LogP contribution in [0.5, 0.6) is 0 Å². The molecule has 1 aliphatic carbocycles. The van der Waals surface area contributed by atoms with Gasteiger partial charge in [-0.2, -0.15) is 0 Å². The normalized spacial score (nSPS) is 16.2. The molecule has 5 nitrogen and oxygen atoms in total. The zero-order chi connectivity index (χ0) is 12.7. The van der Waals surface area contributed by atoms with Gasteiger partial charge < -0.3 is 15.2 Å². The number of amides is 1. The zero-order valence-electron chi connectivity index (χ0n) is 9.91. The molecule has 1 saturated carbocycles. The Morgan fingerprint density at radius 1 is 1.47 bits per heavy atom. The highest BCUT2D eigenvalue weighted by atomic mass is 16.5. The monoisotopic (exact) mass is 241 g/mol. The molecule has 1 aliphatic rings. The van der Waals surface area contributed by atoms with Crippen molar-refractivity contribution in [3.8, 4) is 0 Å². The maximum absolute atomic E-state index is 11.4. The third-order valence-electron chi connectivity index (χ3n) is 2.86. The lowest BCUT2D eigenvalue weighted by atomic mass is 10.1. The second kappa shape index (κ2) is 6.39. The summed E-state index contributed by atoms with van der Waals surface area (Å²) in [5, 5.41) is 11.6. The standard InChI is InChI=1S/C12H19NO4/c1-2-7-17-8-3-4-10(14)13-9-12(5-6-12)11(15)16/h2H,1,3-9H2,(H,13,14)(H,15,16). The molecule has 0 radical (unpaired) electrons. The van der Waals surface area contributed by atoms with Crippen LogP contribution in [-0.4, -0.2) is 36.7 Å². The van der Waals surface area contributed by atoms with Crippen LogP contribution in [0.3, 0.4) is 0 Å². The van der Waals surface area contributed by atoms with Crippen molar-refractivity contribution in [2.45, 2.75) is 25.7 Å². The summed E-state index contributed by atoms with van der Waals surface area (Å²) < 4.78 is 5.14. The fourth-order valence-corrected chi connectivity index (χ4v) is 1.47. The Bertz CT molecular complexity index is 297. The van der Waals surface area contributed by atoms with Crippen molar-refractivity contribution in [3.05, 3.63) is 12.7 Å². The molecule has 0 spiro atoms. The van der Waals surface area contributed by atoms with Crippen molar-refractivity contribution in [3.63, 3.8) is 0 Å². The summed E-state index contributed by atoms with van der Waals surface area (Å²) in [5.41, 5.74) is -0.686. The van der Waals surface area contributed by atoms with E-state index >= 15 is 0 Å². The number of carbonyl (C=O) groups is 2. The number of ether oxygens (including phenoxy) is 1. The minimum absolute atomic E-state index is 0.111. The Kier molecular flexibility index (Phi) is 5.15. The second-order valence-electron chi connectivity index (χ2n) is 4.33. The number of hydrogen-bond donors (Lipinski definition) is 2. The van der Waals surface area contributed by atoms with Crippen molar-refractivity contribution in [2.24, 2.45) is 5.41 Å². The molecule has 0 aromatic heterocycles. The van der Waals surface area contributed by atoms with Crippen LogP contribution < -0.4 is 5.32 Å². The smallest absolute Gasteiger partial charge is 0.311 e. The number of carboxylic acid groups (broad SMARTS) is 1. The second-order valence-corrected chi connectivity index (χ2v) is 4.33. The largest absolute Gasteiger partial charge is 0.481 e. The van der Waals surface area contributed by atoms with Crippen LogP contribution in [0, 0.1) is 5.41 Å². The SMILES string of the molecule is C=CCOCCCC(=O)NCC1(C(=O)O)CC1. The fraction of sp³-hybridized carbons (Fsp3) is 0.667. The van der Waals surface area contributed by atoms with E-state index in [1.165, 1.54) is 0 Å². The Labute approximate surface area is 101 Å². The predicted octanol–water partition coefficient (Wildman–Crippen LogP) is 0.950. The van der Waals surface area contributed by atoms with Crippen LogP contribution in [-0.2, 0) is 14.3 Å². The van der Waals surface area contributed by atoms with E-state index in [1.54, 1.807) is 6.08 Å². The van der Waals surface area contributed by atoms with Gasteiger partial charge in [0.25, 0.3) is 0 Å². The number of carbonyl (C=O) groups excluding carboxylic acids is 1. The summed E-state index contributed by atoms with van der Waals surface area (Å²) in [6, 6.07) is 0. The molecule has 0 aromatic carbocycles. The molecule has 0 unspecified atom stereocenters. The summed E-state index contributed by atoms with van der Waals surface area (Å²) in [4.78, 5) is 22.2. The zero-order valence-corrected chi connectivity index (χ0v) is 9.91. The van der Waals surface area contributed by atoms with E-state index in [-0.39, 0.29) is 12.5 Å². The molecule has 1 fully saturated rings. The van der Waals surface area contributed by atoms with E-state index in [0.717, 1.165) is 0 Å². The minimum atomic E-state index is -0.813. The fourth-order valence-electron chi connectivity index (χ4n) is 1.47. The van der Waals surface area contributed by atoms with E-state index in [2.05, 4.69) is 11.9 Å². The topological polar surface area (TPSA) is 75.6 Å². The van der Waals surface area contributed by atoms with Crippen LogP contribution >= 0.6 is 0 Å². The molecule has 0 atom stereocenters. The number of hydrogen-bond acceptors (Lipinski definition) is 3. The molecule has 1 rings (SSSR count). The Hall–Kier alpha value is -1.36. The van der Waals surface area contributed by atoms with Gasteiger partial charge in [0.05, 0.1) is 12.0 Å². The van der Waals surface area contributed by atoms with Crippen molar-refractivity contribution >= 4 is 11.9 Å². The first kappa shape index (κ1) is 13.7. The lowest BCUT2D eigenvalue weighted by molar-refractivity contribution is -0.143. The van der Waals surface area contributed by atoms with Crippen LogP contribution in [0.4, 0.5) is 0 Å². The number of rotatable bonds is 9. The molecule has 1 amide bonds. The maximum atomic E-state index is 11.4. The lowest BCUT2D eigenvalue weighted by Crippen LogP contribution is -2.34. The van der Waals surface area contributed by atoms with Crippen LogP contribution in [0.25, 0.3) is 0 Å². The summed E-state index contributed by atoms with van der Waals surface area (Å²) in [6.45, 7) is 4.77. The van der Waals surface area contributed by atoms with Crippen LogP contribution in [0.15, 0.2) is 12.7 Å². The lowest BCUT2D eigenvalue weighted by Gasteiger charge is -2.10. The van der Waals surface area contributed by atoms with E-state index in [1.807, 2.05) is 0 Å². The molecule has 96 valence electrons. The van der Waals surface area contributed by atoms with Gasteiger partial charge in [-0.3, -0.25) is 9.59 Å². The maximum Gasteiger partial charge on any atom is 0.311 e. The summed E-state index contributed by atoms with van der Waals surface area (Å²) in [7, 11) is 0. The molecular weight excluding hydrogens is 222 g/mol. The van der Waals surface area contributed by atoms with Gasteiger partial charge >= 0.3 is 5.97 Å². The van der Waals surface area contributed by atoms with Gasteiger partial charge in [0.2, 0.25) is 5.91 Å². The molecule has 0 aromatic rings. The van der Waals surface area contributed by atoms with Crippen molar-refractivity contribution < 1.29 is 19.4 Å². The third kappa shape index (κ3) is 4.56. The first-order chi connectivity index (χ1) is 8.10. The van der Waals surface area contributed by atoms with E-state index in [0.29, 0.717) is 38.9 Å². The molecule has 0 saturated heterocycles. The summed E-state index contributed by atoms with van der Waals surface area (Å²) in [5.74, 6) is -0.924. The number of nitrogens with one attached hydrogen (secondary N) is 1. The van der Waals surface area contributed by atoms with Gasteiger partial charge in [0, 0.05) is 19.6 Å². The van der Waals surface area contributed by atoms with Gasteiger partial charge in [-0.1, -0.05) is 6.08 Å². The third-order valence-corrected chi connectivity index (χ3v) is 2.86. The van der Waals surface area contributed by atoms with E-state index in [4.69, 9.17) is 9.84 Å². The van der Waals surface area contributed by atoms with Crippen molar-refractivity contribution in [1.82, 2.24) is 5.32 Å². The molecule has 0 aliphatic heterocycles. The predicted molar refractivity (Wildman–Crippen MR) is 62.6 cm³/mol. The molecule has 17 heavy (non-hydrogen) atoms. The highest BCUT2D eigenvalue weighted by Gasteiger charge is 2.50. The van der Waals surface area contributed by atoms with Gasteiger partial charge in [-0.15, -0.1) is 6.58 Å². The molecule has 5 heteroatoms. The first-order valence-corrected chi connectivity index (χ1v) is 5.79. The summed E-state index contributed by atoms with van der Waals surface area (Å²) >= 11 is 0. The van der Waals surface area contributed by atoms with Gasteiger partial charge in [-0.05, 0) is 19.3 Å². The van der Waals surface area contributed by atoms with Gasteiger partial charge in [0.15, 0.2) is 0 Å². The molecule has 2 N–H and O–H groups in total. The van der Waals surface area contributed by atoms with E-state index in [9.17, 15) is 9.59 Å². The molecule has 0 bridgehead atoms. The molecule has 0 heterocycles. The number of aliphatic carboxylic acids is 1. The Morgan fingerprint density at radius 3 is 2.71 bits per heavy atom. The minimum Gasteiger partial charge on any atom is -0.481 e. The van der Waals surface area contributed by atoms with Gasteiger partial charge in [-0.25, -0.2) is 0 Å². The quantitative estimate of drug-likeness (QED) is 0.465. The van der Waals surface area contributed by atoms with E-state index < -0.39 is 11.4 Å².